The van der Waals surface area contributed by atoms with Gasteiger partial charge in [0.25, 0.3) is 0 Å². The van der Waals surface area contributed by atoms with Crippen LogP contribution in [0, 0.1) is 0 Å². The lowest BCUT2D eigenvalue weighted by Crippen LogP contribution is -2.39. The van der Waals surface area contributed by atoms with Crippen molar-refractivity contribution in [2.75, 3.05) is 6.54 Å². The van der Waals surface area contributed by atoms with Crippen molar-refractivity contribution in [3.05, 3.63) is 58.8 Å². The fourth-order valence-electron chi connectivity index (χ4n) is 4.63. The molecule has 29 heavy (non-hydrogen) atoms. The monoisotopic (exact) mass is 394 g/mol. The second-order valence-corrected chi connectivity index (χ2v) is 8.01. The summed E-state index contributed by atoms with van der Waals surface area (Å²) in [5.41, 5.74) is 2.82. The van der Waals surface area contributed by atoms with E-state index in [2.05, 4.69) is 17.6 Å². The lowest BCUT2D eigenvalue weighted by atomic mass is 10.1. The number of hydrogen-bond acceptors (Lipinski definition) is 2. The second-order valence-electron chi connectivity index (χ2n) is 8.01. The Bertz CT molecular complexity index is 1060. The summed E-state index contributed by atoms with van der Waals surface area (Å²) in [6.07, 6.45) is 7.15. The summed E-state index contributed by atoms with van der Waals surface area (Å²) in [5.74, 6) is 0.0274. The van der Waals surface area contributed by atoms with Crippen molar-refractivity contribution in [2.45, 2.75) is 58.2 Å². The van der Waals surface area contributed by atoms with Crippen LogP contribution < -0.4 is 5.69 Å². The van der Waals surface area contributed by atoms with E-state index < -0.39 is 0 Å². The fraction of sp³-hybridized carbons (Fsp3) is 0.478. The highest BCUT2D eigenvalue weighted by Gasteiger charge is 2.29. The molecule has 0 aliphatic carbocycles. The van der Waals surface area contributed by atoms with Crippen molar-refractivity contribution < 1.29 is 4.79 Å². The Balaban J connectivity index is 1.69. The molecular formula is C23H30N4O2. The maximum Gasteiger partial charge on any atom is 0.329 e. The molecule has 0 saturated carbocycles. The Morgan fingerprint density at radius 1 is 1.03 bits per heavy atom. The van der Waals surface area contributed by atoms with Gasteiger partial charge in [-0.3, -0.25) is 13.9 Å². The van der Waals surface area contributed by atoms with Crippen LogP contribution in [0.15, 0.2) is 47.4 Å². The number of aromatic nitrogens is 3. The standard InChI is InChI=1S/C23H30N4O2/c1-3-14-26-20-11-6-7-12-21(20)27(23(26)29)17-22(28)25-16-8-4-5-10-19(25)18-13-9-15-24(18)2/h6-7,9,11-13,15,19H,3-5,8,10,14,16-17H2,1-2H3/t19-/m1/s1. The topological polar surface area (TPSA) is 52.2 Å². The first kappa shape index (κ1) is 19.6. The lowest BCUT2D eigenvalue weighted by Gasteiger charge is -2.30. The average molecular weight is 395 g/mol. The van der Waals surface area contributed by atoms with Gasteiger partial charge >= 0.3 is 5.69 Å². The van der Waals surface area contributed by atoms with Crippen LogP contribution >= 0.6 is 0 Å². The number of hydrogen-bond donors (Lipinski definition) is 0. The van der Waals surface area contributed by atoms with Crippen molar-refractivity contribution in [1.29, 1.82) is 0 Å². The molecule has 4 rings (SSSR count). The number of nitrogens with zero attached hydrogens (tertiary/aromatic N) is 4. The summed E-state index contributed by atoms with van der Waals surface area (Å²) in [4.78, 5) is 28.5. The maximum absolute atomic E-state index is 13.4. The van der Waals surface area contributed by atoms with Crippen molar-refractivity contribution in [2.24, 2.45) is 7.05 Å². The van der Waals surface area contributed by atoms with Crippen LogP contribution in [0.4, 0.5) is 0 Å². The van der Waals surface area contributed by atoms with E-state index in [1.807, 2.05) is 48.5 Å². The normalized spacial score (nSPS) is 17.6. The quantitative estimate of drug-likeness (QED) is 0.663. The van der Waals surface area contributed by atoms with Gasteiger partial charge in [-0.25, -0.2) is 4.79 Å². The Labute approximate surface area is 171 Å². The average Bonchev–Trinajstić information content (AvgIpc) is 3.14. The minimum absolute atomic E-state index is 0.0274. The second kappa shape index (κ2) is 8.31. The minimum Gasteiger partial charge on any atom is -0.353 e. The van der Waals surface area contributed by atoms with Crippen LogP contribution in [0.1, 0.15) is 50.8 Å². The van der Waals surface area contributed by atoms with Gasteiger partial charge in [0.05, 0.1) is 17.1 Å². The molecule has 6 nitrogen and oxygen atoms in total. The van der Waals surface area contributed by atoms with E-state index in [-0.39, 0.29) is 24.2 Å². The number of carbonyl (C=O) groups excluding carboxylic acids is 1. The SMILES string of the molecule is CCCn1c(=O)n(CC(=O)N2CCCCC[C@@H]2c2cccn2C)c2ccccc21. The third-order valence-electron chi connectivity index (χ3n) is 6.06. The third kappa shape index (κ3) is 3.63. The number of amides is 1. The number of imidazole rings is 1. The van der Waals surface area contributed by atoms with Gasteiger partial charge in [0.2, 0.25) is 5.91 Å². The lowest BCUT2D eigenvalue weighted by molar-refractivity contribution is -0.134. The smallest absolute Gasteiger partial charge is 0.329 e. The zero-order valence-corrected chi connectivity index (χ0v) is 17.4. The molecule has 1 aliphatic rings. The van der Waals surface area contributed by atoms with Gasteiger partial charge in [-0.2, -0.15) is 0 Å². The molecular weight excluding hydrogens is 364 g/mol. The van der Waals surface area contributed by atoms with Crippen LogP contribution in [-0.2, 0) is 24.9 Å². The Morgan fingerprint density at radius 3 is 2.48 bits per heavy atom. The third-order valence-corrected chi connectivity index (χ3v) is 6.06. The molecule has 0 spiro atoms. The van der Waals surface area contributed by atoms with E-state index in [9.17, 15) is 9.59 Å². The number of para-hydroxylation sites is 2. The van der Waals surface area contributed by atoms with Crippen molar-refractivity contribution >= 4 is 16.9 Å². The fourth-order valence-corrected chi connectivity index (χ4v) is 4.63. The zero-order valence-electron chi connectivity index (χ0n) is 17.4. The molecule has 0 radical (unpaired) electrons. The van der Waals surface area contributed by atoms with Gasteiger partial charge in [-0.15, -0.1) is 0 Å². The molecule has 1 saturated heterocycles. The molecule has 0 bridgehead atoms. The Kier molecular flexibility index (Phi) is 5.60. The number of benzene rings is 1. The molecule has 1 fully saturated rings. The molecule has 1 aromatic carbocycles. The van der Waals surface area contributed by atoms with Crippen molar-refractivity contribution in [3.8, 4) is 0 Å². The molecule has 2 aromatic heterocycles. The van der Waals surface area contributed by atoms with E-state index in [0.717, 1.165) is 49.7 Å². The van der Waals surface area contributed by atoms with Crippen molar-refractivity contribution in [3.63, 3.8) is 0 Å². The van der Waals surface area contributed by atoms with Crippen molar-refractivity contribution in [1.82, 2.24) is 18.6 Å². The van der Waals surface area contributed by atoms with Gasteiger partial charge in [-0.1, -0.05) is 31.9 Å². The predicted octanol–water partition coefficient (Wildman–Crippen LogP) is 3.70. The Morgan fingerprint density at radius 2 is 1.79 bits per heavy atom. The highest BCUT2D eigenvalue weighted by Crippen LogP contribution is 2.30. The largest absolute Gasteiger partial charge is 0.353 e. The first-order chi connectivity index (χ1) is 14.1. The van der Waals surface area contributed by atoms with Crippen LogP contribution in [0.5, 0.6) is 0 Å². The predicted molar refractivity (Wildman–Crippen MR) is 115 cm³/mol. The van der Waals surface area contributed by atoms with Gasteiger partial charge in [0.15, 0.2) is 0 Å². The van der Waals surface area contributed by atoms with Gasteiger partial charge < -0.3 is 9.47 Å². The molecule has 154 valence electrons. The zero-order chi connectivity index (χ0) is 20.4. The molecule has 1 amide bonds. The molecule has 0 unspecified atom stereocenters. The van der Waals surface area contributed by atoms with Gasteiger partial charge in [-0.05, 0) is 43.5 Å². The van der Waals surface area contributed by atoms with Crippen LogP contribution in [0.25, 0.3) is 11.0 Å². The molecule has 3 heterocycles. The van der Waals surface area contributed by atoms with E-state index in [1.165, 1.54) is 5.69 Å². The van der Waals surface area contributed by atoms with E-state index in [1.54, 1.807) is 9.13 Å². The molecule has 1 atom stereocenters. The van der Waals surface area contributed by atoms with E-state index in [0.29, 0.717) is 6.54 Å². The number of rotatable bonds is 5. The summed E-state index contributed by atoms with van der Waals surface area (Å²) in [6.45, 7) is 3.57. The van der Waals surface area contributed by atoms with Gasteiger partial charge in [0, 0.05) is 32.0 Å². The first-order valence-electron chi connectivity index (χ1n) is 10.7. The molecule has 3 aromatic rings. The first-order valence-corrected chi connectivity index (χ1v) is 10.7. The summed E-state index contributed by atoms with van der Waals surface area (Å²) in [5, 5.41) is 0. The maximum atomic E-state index is 13.4. The van der Waals surface area contributed by atoms with Crippen LogP contribution in [0.3, 0.4) is 0 Å². The summed E-state index contributed by atoms with van der Waals surface area (Å²) < 4.78 is 5.55. The number of likely N-dealkylation sites (tertiary alicyclic amines) is 1. The van der Waals surface area contributed by atoms with Crippen LogP contribution in [0.2, 0.25) is 0 Å². The molecule has 0 N–H and O–H groups in total. The number of carbonyl (C=O) groups is 1. The van der Waals surface area contributed by atoms with E-state index in [4.69, 9.17) is 0 Å². The minimum atomic E-state index is -0.0911. The number of fused-ring (bicyclic) bond motifs is 1. The highest BCUT2D eigenvalue weighted by atomic mass is 16.2. The number of aryl methyl sites for hydroxylation is 2. The Hall–Kier alpha value is -2.76. The van der Waals surface area contributed by atoms with E-state index >= 15 is 0 Å². The summed E-state index contributed by atoms with van der Waals surface area (Å²) >= 11 is 0. The van der Waals surface area contributed by atoms with Gasteiger partial charge in [0.1, 0.15) is 6.54 Å². The summed E-state index contributed by atoms with van der Waals surface area (Å²) in [6, 6.07) is 12.0. The van der Waals surface area contributed by atoms with Crippen LogP contribution in [-0.4, -0.2) is 31.1 Å². The molecule has 1 aliphatic heterocycles. The summed E-state index contributed by atoms with van der Waals surface area (Å²) in [7, 11) is 2.03. The molecule has 6 heteroatoms. The highest BCUT2D eigenvalue weighted by molar-refractivity contribution is 5.81.